The molecule has 0 aromatic carbocycles. The second kappa shape index (κ2) is 6.40. The molecule has 4 N–H and O–H groups in total. The summed E-state index contributed by atoms with van der Waals surface area (Å²) < 4.78 is 2.01. The monoisotopic (exact) mass is 279 g/mol. The van der Waals surface area contributed by atoms with Gasteiger partial charge in [0.25, 0.3) is 0 Å². The first-order chi connectivity index (χ1) is 9.63. The quantitative estimate of drug-likeness (QED) is 0.646. The number of nitrogens with one attached hydrogen (secondary N) is 2. The molecule has 2 unspecified atom stereocenters. The third-order valence-corrected chi connectivity index (χ3v) is 3.74. The smallest absolute Gasteiger partial charge is 0.217 e. The van der Waals surface area contributed by atoms with Crippen LogP contribution in [0.15, 0.2) is 6.20 Å². The molecule has 1 aliphatic heterocycles. The first-order valence-corrected chi connectivity index (χ1v) is 6.96. The maximum absolute atomic E-state index is 10.8. The Morgan fingerprint density at radius 1 is 1.70 bits per heavy atom. The number of primary amides is 1. The van der Waals surface area contributed by atoms with Crippen LogP contribution in [-0.4, -0.2) is 27.9 Å². The number of amides is 2. The number of aromatic nitrogens is 2. The van der Waals surface area contributed by atoms with E-state index in [0.29, 0.717) is 30.6 Å². The zero-order valence-corrected chi connectivity index (χ0v) is 11.6. The van der Waals surface area contributed by atoms with Crippen LogP contribution in [0.4, 0.5) is 11.8 Å². The topological polar surface area (TPSA) is 102 Å². The number of anilines is 2. The fraction of sp³-hybridized carbons (Fsp3) is 0.615. The van der Waals surface area contributed by atoms with Crippen molar-refractivity contribution in [3.05, 3.63) is 6.20 Å². The Kier molecular flexibility index (Phi) is 4.60. The van der Waals surface area contributed by atoms with Crippen LogP contribution < -0.4 is 16.4 Å². The number of nitrogens with zero attached hydrogens (tertiary/aromatic N) is 2. The van der Waals surface area contributed by atoms with Crippen molar-refractivity contribution in [1.29, 1.82) is 0 Å². The van der Waals surface area contributed by atoms with Gasteiger partial charge in [0.1, 0.15) is 0 Å². The molecule has 2 heterocycles. The van der Waals surface area contributed by atoms with E-state index in [1.54, 1.807) is 0 Å². The van der Waals surface area contributed by atoms with E-state index in [2.05, 4.69) is 22.5 Å². The summed E-state index contributed by atoms with van der Waals surface area (Å²) in [6, 6.07) is 0.335. The van der Waals surface area contributed by atoms with Crippen LogP contribution in [0.3, 0.4) is 0 Å². The number of rotatable bonds is 7. The van der Waals surface area contributed by atoms with E-state index in [0.717, 1.165) is 31.8 Å². The minimum absolute atomic E-state index is 0.248. The maximum Gasteiger partial charge on any atom is 0.217 e. The van der Waals surface area contributed by atoms with Crippen LogP contribution >= 0.6 is 0 Å². The molecular formula is C13H21N5O2. The number of imidazole rings is 1. The highest BCUT2D eigenvalue weighted by molar-refractivity contribution is 5.73. The van der Waals surface area contributed by atoms with Crippen LogP contribution in [0.25, 0.3) is 0 Å². The summed E-state index contributed by atoms with van der Waals surface area (Å²) in [5, 5.41) is 5.95. The number of carbonyl (C=O) groups is 2. The van der Waals surface area contributed by atoms with Gasteiger partial charge in [0.2, 0.25) is 18.3 Å². The van der Waals surface area contributed by atoms with Gasteiger partial charge in [-0.25, -0.2) is 0 Å². The molecule has 0 radical (unpaired) electrons. The number of hydrogen-bond donors (Lipinski definition) is 3. The largest absolute Gasteiger partial charge is 0.370 e. The van der Waals surface area contributed by atoms with Gasteiger partial charge in [0.05, 0.1) is 0 Å². The van der Waals surface area contributed by atoms with Crippen LogP contribution in [0.2, 0.25) is 0 Å². The zero-order valence-electron chi connectivity index (χ0n) is 11.6. The van der Waals surface area contributed by atoms with E-state index in [1.165, 1.54) is 0 Å². The number of hydrogen-bond acceptors (Lipinski definition) is 4. The van der Waals surface area contributed by atoms with Crippen molar-refractivity contribution in [3.8, 4) is 0 Å². The summed E-state index contributed by atoms with van der Waals surface area (Å²) in [4.78, 5) is 25.6. The Labute approximate surface area is 117 Å². The Hall–Kier alpha value is -2.05. The van der Waals surface area contributed by atoms with E-state index in [1.807, 2.05) is 10.8 Å². The van der Waals surface area contributed by atoms with Gasteiger partial charge >= 0.3 is 0 Å². The van der Waals surface area contributed by atoms with E-state index in [9.17, 15) is 9.59 Å². The van der Waals surface area contributed by atoms with Gasteiger partial charge in [0, 0.05) is 25.2 Å². The predicted molar refractivity (Wildman–Crippen MR) is 76.2 cm³/mol. The SMILES string of the molecule is CCC1Nc2nc(NC=O)cn2CC1CCCC(N)=O. The molecular weight excluding hydrogens is 258 g/mol. The lowest BCUT2D eigenvalue weighted by atomic mass is 9.90. The van der Waals surface area contributed by atoms with Crippen molar-refractivity contribution in [3.63, 3.8) is 0 Å². The molecule has 7 heteroatoms. The highest BCUT2D eigenvalue weighted by atomic mass is 16.1. The molecule has 0 spiro atoms. The Bertz CT molecular complexity index is 485. The molecule has 0 fully saturated rings. The molecule has 1 aliphatic rings. The highest BCUT2D eigenvalue weighted by Crippen LogP contribution is 2.28. The standard InChI is InChI=1S/C13H21N5O2/c1-2-10-9(4-3-5-11(14)20)6-18-7-12(15-8-19)17-13(18)16-10/h7-10H,2-6H2,1H3,(H2,14,20)(H,15,19)(H,16,17). The average Bonchev–Trinajstić information content (AvgIpc) is 2.79. The summed E-state index contributed by atoms with van der Waals surface area (Å²) in [6.07, 6.45) is 5.62. The minimum atomic E-state index is -0.248. The molecule has 2 atom stereocenters. The van der Waals surface area contributed by atoms with Gasteiger partial charge in [-0.3, -0.25) is 9.59 Å². The summed E-state index contributed by atoms with van der Waals surface area (Å²) in [5.41, 5.74) is 5.18. The fourth-order valence-electron chi connectivity index (χ4n) is 2.73. The molecule has 0 saturated heterocycles. The van der Waals surface area contributed by atoms with Gasteiger partial charge < -0.3 is 20.9 Å². The van der Waals surface area contributed by atoms with Crippen molar-refractivity contribution >= 4 is 24.1 Å². The molecule has 110 valence electrons. The second-order valence-corrected chi connectivity index (χ2v) is 5.14. The lowest BCUT2D eigenvalue weighted by Crippen LogP contribution is -2.37. The molecule has 0 aliphatic carbocycles. The molecule has 2 rings (SSSR count). The average molecular weight is 279 g/mol. The van der Waals surface area contributed by atoms with Gasteiger partial charge in [-0.2, -0.15) is 4.98 Å². The molecule has 1 aromatic rings. The van der Waals surface area contributed by atoms with Gasteiger partial charge in [-0.05, 0) is 25.2 Å². The van der Waals surface area contributed by atoms with E-state index >= 15 is 0 Å². The Morgan fingerprint density at radius 2 is 2.50 bits per heavy atom. The van der Waals surface area contributed by atoms with Gasteiger partial charge in [-0.1, -0.05) is 6.92 Å². The molecule has 20 heavy (non-hydrogen) atoms. The number of fused-ring (bicyclic) bond motifs is 1. The summed E-state index contributed by atoms with van der Waals surface area (Å²) in [5.74, 6) is 1.52. The molecule has 2 amide bonds. The van der Waals surface area contributed by atoms with Crippen molar-refractivity contribution < 1.29 is 9.59 Å². The molecule has 0 saturated carbocycles. The molecule has 1 aromatic heterocycles. The van der Waals surface area contributed by atoms with E-state index < -0.39 is 0 Å². The van der Waals surface area contributed by atoms with Crippen LogP contribution in [-0.2, 0) is 16.1 Å². The van der Waals surface area contributed by atoms with Crippen LogP contribution in [0.5, 0.6) is 0 Å². The van der Waals surface area contributed by atoms with Crippen molar-refractivity contribution in [2.75, 3.05) is 10.6 Å². The third kappa shape index (κ3) is 3.28. The zero-order chi connectivity index (χ0) is 14.5. The van der Waals surface area contributed by atoms with Crippen LogP contribution in [0, 0.1) is 5.92 Å². The second-order valence-electron chi connectivity index (χ2n) is 5.14. The Morgan fingerprint density at radius 3 is 3.15 bits per heavy atom. The van der Waals surface area contributed by atoms with Crippen molar-refractivity contribution in [2.45, 2.75) is 45.2 Å². The fourth-order valence-corrected chi connectivity index (χ4v) is 2.73. The van der Waals surface area contributed by atoms with E-state index in [-0.39, 0.29) is 5.91 Å². The molecule has 7 nitrogen and oxygen atoms in total. The summed E-state index contributed by atoms with van der Waals surface area (Å²) in [7, 11) is 0. The lowest BCUT2D eigenvalue weighted by molar-refractivity contribution is -0.118. The predicted octanol–water partition coefficient (Wildman–Crippen LogP) is 0.927. The normalized spacial score (nSPS) is 20.9. The van der Waals surface area contributed by atoms with Crippen molar-refractivity contribution in [1.82, 2.24) is 9.55 Å². The lowest BCUT2D eigenvalue weighted by Gasteiger charge is -2.33. The first kappa shape index (κ1) is 14.4. The highest BCUT2D eigenvalue weighted by Gasteiger charge is 2.27. The Balaban J connectivity index is 2.02. The number of nitrogens with two attached hydrogens (primary N) is 1. The summed E-state index contributed by atoms with van der Waals surface area (Å²) in [6.45, 7) is 2.97. The first-order valence-electron chi connectivity index (χ1n) is 6.96. The van der Waals surface area contributed by atoms with Gasteiger partial charge in [-0.15, -0.1) is 0 Å². The van der Waals surface area contributed by atoms with Gasteiger partial charge in [0.15, 0.2) is 5.82 Å². The summed E-state index contributed by atoms with van der Waals surface area (Å²) >= 11 is 0. The maximum atomic E-state index is 10.8. The van der Waals surface area contributed by atoms with E-state index in [4.69, 9.17) is 5.73 Å². The van der Waals surface area contributed by atoms with Crippen molar-refractivity contribution in [2.24, 2.45) is 11.7 Å². The third-order valence-electron chi connectivity index (χ3n) is 3.74. The minimum Gasteiger partial charge on any atom is -0.370 e. The van der Waals surface area contributed by atoms with Crippen LogP contribution in [0.1, 0.15) is 32.6 Å². The number of carbonyl (C=O) groups excluding carboxylic acids is 2. The molecule has 0 bridgehead atoms.